The molecule has 0 saturated heterocycles. The normalized spacial score (nSPS) is 11.3. The van der Waals surface area contributed by atoms with Gasteiger partial charge >= 0.3 is 0 Å². The predicted octanol–water partition coefficient (Wildman–Crippen LogP) is 5.42. The molecule has 0 fully saturated rings. The van der Waals surface area contributed by atoms with Crippen LogP contribution in [0.25, 0.3) is 6.08 Å². The van der Waals surface area contributed by atoms with E-state index in [1.54, 1.807) is 18.2 Å². The van der Waals surface area contributed by atoms with Gasteiger partial charge in [0.25, 0.3) is 0 Å². The first-order valence-corrected chi connectivity index (χ1v) is 8.74. The standard InChI is InChI=1S/C20H21BrO3/c1-3-23-20(24-4-2)17-8-5-15(6-9-17)7-14-19(22)16-10-12-18(21)13-11-16/h5-14,20H,3-4H2,1-2H3/b14-7+. The lowest BCUT2D eigenvalue weighted by Crippen LogP contribution is -2.08. The highest BCUT2D eigenvalue weighted by atomic mass is 79.9. The number of halogens is 1. The first kappa shape index (κ1) is 18.6. The van der Waals surface area contributed by atoms with E-state index >= 15 is 0 Å². The van der Waals surface area contributed by atoms with Crippen LogP contribution < -0.4 is 0 Å². The van der Waals surface area contributed by atoms with Gasteiger partial charge in [0.15, 0.2) is 12.1 Å². The number of hydrogen-bond acceptors (Lipinski definition) is 3. The molecule has 0 amide bonds. The molecule has 0 aromatic heterocycles. The Labute approximate surface area is 151 Å². The molecule has 2 aromatic rings. The van der Waals surface area contributed by atoms with Crippen molar-refractivity contribution in [1.29, 1.82) is 0 Å². The van der Waals surface area contributed by atoms with E-state index in [4.69, 9.17) is 9.47 Å². The predicted molar refractivity (Wildman–Crippen MR) is 99.9 cm³/mol. The van der Waals surface area contributed by atoms with Crippen molar-refractivity contribution in [3.63, 3.8) is 0 Å². The first-order valence-electron chi connectivity index (χ1n) is 7.95. The Morgan fingerprint density at radius 2 is 1.58 bits per heavy atom. The molecule has 3 nitrogen and oxygen atoms in total. The Morgan fingerprint density at radius 1 is 1.00 bits per heavy atom. The second-order valence-corrected chi connectivity index (χ2v) is 6.03. The average Bonchev–Trinajstić information content (AvgIpc) is 2.60. The molecule has 24 heavy (non-hydrogen) atoms. The summed E-state index contributed by atoms with van der Waals surface area (Å²) in [7, 11) is 0. The summed E-state index contributed by atoms with van der Waals surface area (Å²) in [5.74, 6) is -0.0203. The maximum absolute atomic E-state index is 12.1. The number of carbonyl (C=O) groups is 1. The van der Waals surface area contributed by atoms with Crippen molar-refractivity contribution in [2.45, 2.75) is 20.1 Å². The third kappa shape index (κ3) is 5.41. The lowest BCUT2D eigenvalue weighted by Gasteiger charge is -2.17. The van der Waals surface area contributed by atoms with Crippen molar-refractivity contribution in [2.75, 3.05) is 13.2 Å². The molecule has 0 radical (unpaired) electrons. The van der Waals surface area contributed by atoms with E-state index in [0.717, 1.165) is 15.6 Å². The van der Waals surface area contributed by atoms with Crippen molar-refractivity contribution in [3.05, 3.63) is 75.8 Å². The zero-order chi connectivity index (χ0) is 17.4. The Morgan fingerprint density at radius 3 is 2.12 bits per heavy atom. The van der Waals surface area contributed by atoms with Crippen LogP contribution in [0.2, 0.25) is 0 Å². The summed E-state index contributed by atoms with van der Waals surface area (Å²) >= 11 is 3.36. The molecular weight excluding hydrogens is 368 g/mol. The molecule has 0 aliphatic rings. The molecular formula is C20H21BrO3. The van der Waals surface area contributed by atoms with Crippen LogP contribution in [0.4, 0.5) is 0 Å². The molecule has 0 N–H and O–H groups in total. The largest absolute Gasteiger partial charge is 0.349 e. The summed E-state index contributed by atoms with van der Waals surface area (Å²) in [6.45, 7) is 5.07. The number of hydrogen-bond donors (Lipinski definition) is 0. The van der Waals surface area contributed by atoms with Gasteiger partial charge in [-0.25, -0.2) is 0 Å². The fourth-order valence-corrected chi connectivity index (χ4v) is 2.45. The van der Waals surface area contributed by atoms with Crippen molar-refractivity contribution in [1.82, 2.24) is 0 Å². The molecule has 4 heteroatoms. The second-order valence-electron chi connectivity index (χ2n) is 5.11. The van der Waals surface area contributed by atoms with Crippen LogP contribution in [0, 0.1) is 0 Å². The lowest BCUT2D eigenvalue weighted by atomic mass is 10.1. The van der Waals surface area contributed by atoms with E-state index < -0.39 is 0 Å². The van der Waals surface area contributed by atoms with Crippen molar-refractivity contribution in [3.8, 4) is 0 Å². The van der Waals surface area contributed by atoms with Crippen LogP contribution in [0.1, 0.15) is 41.6 Å². The maximum atomic E-state index is 12.1. The van der Waals surface area contributed by atoms with Crippen LogP contribution >= 0.6 is 15.9 Å². The third-order valence-corrected chi connectivity index (χ3v) is 3.93. The van der Waals surface area contributed by atoms with Gasteiger partial charge in [-0.2, -0.15) is 0 Å². The van der Waals surface area contributed by atoms with E-state index in [9.17, 15) is 4.79 Å². The summed E-state index contributed by atoms with van der Waals surface area (Å²) in [4.78, 5) is 12.1. The first-order chi connectivity index (χ1) is 11.6. The highest BCUT2D eigenvalue weighted by molar-refractivity contribution is 9.10. The Kier molecular flexibility index (Phi) is 7.37. The monoisotopic (exact) mass is 388 g/mol. The van der Waals surface area contributed by atoms with E-state index in [2.05, 4.69) is 15.9 Å². The molecule has 0 unspecified atom stereocenters. The van der Waals surface area contributed by atoms with Crippen LogP contribution in [-0.4, -0.2) is 19.0 Å². The molecule has 0 aliphatic heterocycles. The lowest BCUT2D eigenvalue weighted by molar-refractivity contribution is -0.140. The number of benzene rings is 2. The SMILES string of the molecule is CCOC(OCC)c1ccc(/C=C/C(=O)c2ccc(Br)cc2)cc1. The summed E-state index contributed by atoms with van der Waals surface area (Å²) in [5, 5.41) is 0. The molecule has 0 aliphatic carbocycles. The van der Waals surface area contributed by atoms with Gasteiger partial charge < -0.3 is 9.47 Å². The molecule has 0 spiro atoms. The minimum Gasteiger partial charge on any atom is -0.349 e. The Hall–Kier alpha value is -1.75. The number of ether oxygens (including phenoxy) is 2. The van der Waals surface area contributed by atoms with E-state index in [1.165, 1.54) is 0 Å². The minimum atomic E-state index is -0.345. The fraction of sp³-hybridized carbons (Fsp3) is 0.250. The molecule has 2 aromatic carbocycles. The Bertz CT molecular complexity index is 669. The third-order valence-electron chi connectivity index (χ3n) is 3.40. The van der Waals surface area contributed by atoms with Crippen LogP contribution in [0.3, 0.4) is 0 Å². The van der Waals surface area contributed by atoms with Crippen LogP contribution in [0.5, 0.6) is 0 Å². The fourth-order valence-electron chi connectivity index (χ4n) is 2.19. The van der Waals surface area contributed by atoms with Crippen LogP contribution in [0.15, 0.2) is 59.1 Å². The summed E-state index contributed by atoms with van der Waals surface area (Å²) in [6, 6.07) is 15.1. The molecule has 0 bridgehead atoms. The summed E-state index contributed by atoms with van der Waals surface area (Å²) in [6.07, 6.45) is 3.05. The van der Waals surface area contributed by atoms with E-state index in [0.29, 0.717) is 18.8 Å². The van der Waals surface area contributed by atoms with Crippen molar-refractivity contribution in [2.24, 2.45) is 0 Å². The molecule has 126 valence electrons. The zero-order valence-corrected chi connectivity index (χ0v) is 15.5. The molecule has 0 heterocycles. The van der Waals surface area contributed by atoms with Gasteiger partial charge in [-0.3, -0.25) is 4.79 Å². The van der Waals surface area contributed by atoms with Gasteiger partial charge in [0.05, 0.1) is 0 Å². The van der Waals surface area contributed by atoms with Gasteiger partial charge in [-0.15, -0.1) is 0 Å². The van der Waals surface area contributed by atoms with E-state index in [-0.39, 0.29) is 12.1 Å². The number of ketones is 1. The Balaban J connectivity index is 2.04. The van der Waals surface area contributed by atoms with Crippen molar-refractivity contribution < 1.29 is 14.3 Å². The van der Waals surface area contributed by atoms with Gasteiger partial charge in [-0.1, -0.05) is 46.3 Å². The molecule has 2 rings (SSSR count). The topological polar surface area (TPSA) is 35.5 Å². The maximum Gasteiger partial charge on any atom is 0.185 e. The van der Waals surface area contributed by atoms with Crippen LogP contribution in [-0.2, 0) is 9.47 Å². The zero-order valence-electron chi connectivity index (χ0n) is 13.9. The minimum absolute atomic E-state index is 0.0203. The average molecular weight is 389 g/mol. The second kappa shape index (κ2) is 9.52. The molecule has 0 saturated carbocycles. The van der Waals surface area contributed by atoms with Gasteiger partial charge in [0.1, 0.15) is 0 Å². The van der Waals surface area contributed by atoms with Gasteiger partial charge in [0, 0.05) is 28.8 Å². The van der Waals surface area contributed by atoms with Gasteiger partial charge in [0.2, 0.25) is 0 Å². The highest BCUT2D eigenvalue weighted by Crippen LogP contribution is 2.20. The summed E-state index contributed by atoms with van der Waals surface area (Å²) < 4.78 is 12.1. The van der Waals surface area contributed by atoms with Gasteiger partial charge in [-0.05, 0) is 49.8 Å². The van der Waals surface area contributed by atoms with Crippen molar-refractivity contribution >= 4 is 27.8 Å². The number of allylic oxidation sites excluding steroid dienone is 1. The smallest absolute Gasteiger partial charge is 0.185 e. The van der Waals surface area contributed by atoms with E-state index in [1.807, 2.05) is 56.3 Å². The molecule has 0 atom stereocenters. The number of carbonyl (C=O) groups excluding carboxylic acids is 1. The number of rotatable bonds is 8. The summed E-state index contributed by atoms with van der Waals surface area (Å²) in [5.41, 5.74) is 2.59. The quantitative estimate of drug-likeness (QED) is 0.344. The highest BCUT2D eigenvalue weighted by Gasteiger charge is 2.10.